The van der Waals surface area contributed by atoms with E-state index in [2.05, 4.69) is 25.3 Å². The quantitative estimate of drug-likeness (QED) is 0.314. The number of Topliss-reactive ketones (excluding diaryl/α,β-unsaturated/α-hetero) is 1. The summed E-state index contributed by atoms with van der Waals surface area (Å²) < 4.78 is 5.94. The van der Waals surface area contributed by atoms with Gasteiger partial charge >= 0.3 is 5.69 Å². The number of fused-ring (bicyclic) bond motifs is 1. The van der Waals surface area contributed by atoms with Crippen LogP contribution in [0.1, 0.15) is 40.5 Å². The van der Waals surface area contributed by atoms with Crippen LogP contribution in [0.2, 0.25) is 0 Å². The zero-order valence-electron chi connectivity index (χ0n) is 18.5. The molecule has 174 valence electrons. The van der Waals surface area contributed by atoms with Crippen LogP contribution in [-0.2, 0) is 0 Å². The normalized spacial score (nSPS) is 15.3. The highest BCUT2D eigenvalue weighted by Crippen LogP contribution is 2.28. The first-order chi connectivity index (χ1) is 16.6. The molecule has 9 heteroatoms. The molecule has 1 atom stereocenters. The van der Waals surface area contributed by atoms with Crippen molar-refractivity contribution in [2.75, 3.05) is 19.7 Å². The lowest BCUT2D eigenvalue weighted by atomic mass is 9.90. The summed E-state index contributed by atoms with van der Waals surface area (Å²) in [6.07, 6.45) is 2.20. The van der Waals surface area contributed by atoms with E-state index in [9.17, 15) is 14.4 Å². The van der Waals surface area contributed by atoms with Gasteiger partial charge in [-0.25, -0.2) is 9.78 Å². The maximum atomic E-state index is 13.6. The molecule has 2 aromatic carbocycles. The Morgan fingerprint density at radius 3 is 2.44 bits per heavy atom. The molecule has 5 rings (SSSR count). The number of aromatic nitrogens is 4. The number of H-pyrrole nitrogens is 3. The minimum atomic E-state index is -0.780. The zero-order chi connectivity index (χ0) is 23.5. The Hall–Kier alpha value is -3.98. The van der Waals surface area contributed by atoms with Crippen molar-refractivity contribution in [1.29, 1.82) is 0 Å². The molecule has 0 saturated carbocycles. The summed E-state index contributed by atoms with van der Waals surface area (Å²) in [7, 11) is 0. The Kier molecular flexibility index (Phi) is 6.09. The van der Waals surface area contributed by atoms with Gasteiger partial charge in [0.15, 0.2) is 11.4 Å². The van der Waals surface area contributed by atoms with Crippen LogP contribution in [0.4, 0.5) is 0 Å². The highest BCUT2D eigenvalue weighted by Gasteiger charge is 2.28. The van der Waals surface area contributed by atoms with Crippen molar-refractivity contribution in [3.05, 3.63) is 92.4 Å². The van der Waals surface area contributed by atoms with Gasteiger partial charge in [0.05, 0.1) is 6.61 Å². The molecule has 0 radical (unpaired) electrons. The highest BCUT2D eigenvalue weighted by molar-refractivity contribution is 6.03. The number of ketones is 1. The third-order valence-electron chi connectivity index (χ3n) is 6.16. The Balaban J connectivity index is 1.43. The lowest BCUT2D eigenvalue weighted by molar-refractivity contribution is 0.0971. The van der Waals surface area contributed by atoms with Crippen LogP contribution in [0, 0.1) is 5.92 Å². The Bertz CT molecular complexity index is 1400. The second-order valence-corrected chi connectivity index (χ2v) is 8.49. The lowest BCUT2D eigenvalue weighted by Crippen LogP contribution is -2.30. The molecular formula is C25H25N5O4. The fourth-order valence-corrected chi connectivity index (χ4v) is 4.31. The van der Waals surface area contributed by atoms with Gasteiger partial charge in [-0.1, -0.05) is 30.3 Å². The lowest BCUT2D eigenvalue weighted by Gasteiger charge is -2.22. The number of aromatic amines is 3. The van der Waals surface area contributed by atoms with E-state index in [4.69, 9.17) is 4.74 Å². The van der Waals surface area contributed by atoms with Gasteiger partial charge in [0.1, 0.15) is 23.0 Å². The Labute approximate surface area is 194 Å². The number of piperidine rings is 1. The van der Waals surface area contributed by atoms with E-state index in [1.165, 1.54) is 0 Å². The molecule has 0 aliphatic carbocycles. The monoisotopic (exact) mass is 459 g/mol. The molecule has 0 amide bonds. The largest absolute Gasteiger partial charge is 0.493 e. The summed E-state index contributed by atoms with van der Waals surface area (Å²) in [4.78, 5) is 49.4. The summed E-state index contributed by atoms with van der Waals surface area (Å²) in [6, 6.07) is 16.3. The van der Waals surface area contributed by atoms with Gasteiger partial charge in [-0.15, -0.1) is 0 Å². The number of carbonyl (C=O) groups excluding carboxylic acids is 1. The fourth-order valence-electron chi connectivity index (χ4n) is 4.31. The van der Waals surface area contributed by atoms with Gasteiger partial charge in [0.2, 0.25) is 0 Å². The molecule has 4 aromatic rings. The number of carbonyl (C=O) groups is 1. The molecule has 2 aromatic heterocycles. The van der Waals surface area contributed by atoms with E-state index in [0.717, 1.165) is 37.2 Å². The summed E-state index contributed by atoms with van der Waals surface area (Å²) in [6.45, 7) is 2.70. The van der Waals surface area contributed by atoms with Gasteiger partial charge in [-0.05, 0) is 61.7 Å². The van der Waals surface area contributed by atoms with Crippen molar-refractivity contribution in [1.82, 2.24) is 25.3 Å². The number of nitrogens with zero attached hydrogens (tertiary/aromatic N) is 1. The van der Waals surface area contributed by atoms with E-state index in [0.29, 0.717) is 18.1 Å². The first-order valence-corrected chi connectivity index (χ1v) is 11.3. The number of nitrogens with one attached hydrogen (secondary N) is 4. The predicted octanol–water partition coefficient (Wildman–Crippen LogP) is 2.33. The predicted molar refractivity (Wildman–Crippen MR) is 127 cm³/mol. The van der Waals surface area contributed by atoms with Crippen molar-refractivity contribution in [3.8, 4) is 5.75 Å². The summed E-state index contributed by atoms with van der Waals surface area (Å²) in [5, 5.41) is 3.35. The van der Waals surface area contributed by atoms with Crippen molar-refractivity contribution < 1.29 is 9.53 Å². The smallest absolute Gasteiger partial charge is 0.327 e. The second-order valence-electron chi connectivity index (χ2n) is 8.49. The Morgan fingerprint density at radius 2 is 1.71 bits per heavy atom. The molecule has 9 nitrogen and oxygen atoms in total. The van der Waals surface area contributed by atoms with Gasteiger partial charge in [0, 0.05) is 5.56 Å². The number of benzene rings is 2. The third kappa shape index (κ3) is 4.55. The number of ether oxygens (including phenoxy) is 1. The van der Waals surface area contributed by atoms with E-state index < -0.39 is 17.2 Å². The minimum Gasteiger partial charge on any atom is -0.493 e. The molecule has 0 spiro atoms. The van der Waals surface area contributed by atoms with E-state index in [1.807, 2.05) is 30.3 Å². The van der Waals surface area contributed by atoms with Crippen molar-refractivity contribution in [3.63, 3.8) is 0 Å². The van der Waals surface area contributed by atoms with Crippen LogP contribution in [-0.4, -0.2) is 45.4 Å². The van der Waals surface area contributed by atoms with Crippen LogP contribution < -0.4 is 21.3 Å². The molecular weight excluding hydrogens is 434 g/mol. The molecule has 1 saturated heterocycles. The Morgan fingerprint density at radius 1 is 0.971 bits per heavy atom. The maximum absolute atomic E-state index is 13.6. The fraction of sp³-hybridized carbons (Fsp3) is 0.280. The number of imidazole rings is 1. The third-order valence-corrected chi connectivity index (χ3v) is 6.16. The van der Waals surface area contributed by atoms with Gasteiger partial charge < -0.3 is 15.0 Å². The van der Waals surface area contributed by atoms with E-state index in [-0.39, 0.29) is 22.8 Å². The number of rotatable bonds is 7. The number of hydrogen-bond acceptors (Lipinski definition) is 6. The topological polar surface area (TPSA) is 133 Å². The summed E-state index contributed by atoms with van der Waals surface area (Å²) in [5.74, 6) is 0.573. The first-order valence-electron chi connectivity index (χ1n) is 11.3. The van der Waals surface area contributed by atoms with Crippen molar-refractivity contribution >= 4 is 16.9 Å². The number of hydrogen-bond donors (Lipinski definition) is 4. The molecule has 1 fully saturated rings. The van der Waals surface area contributed by atoms with E-state index >= 15 is 0 Å². The summed E-state index contributed by atoms with van der Waals surface area (Å²) in [5.41, 5.74) is 0.192. The SMILES string of the molecule is O=C(c1ccc(OCC2CCNCC2)cc1)C(c1ccccc1)c1nc2[nH]c(=O)[nH]c(=O)c2[nH]1. The molecule has 3 heterocycles. The molecule has 4 N–H and O–H groups in total. The average molecular weight is 460 g/mol. The second kappa shape index (κ2) is 9.48. The molecule has 0 bridgehead atoms. The van der Waals surface area contributed by atoms with E-state index in [1.54, 1.807) is 24.3 Å². The van der Waals surface area contributed by atoms with Crippen LogP contribution in [0.15, 0.2) is 64.2 Å². The van der Waals surface area contributed by atoms with Crippen LogP contribution >= 0.6 is 0 Å². The van der Waals surface area contributed by atoms with Crippen LogP contribution in [0.5, 0.6) is 5.75 Å². The van der Waals surface area contributed by atoms with Crippen molar-refractivity contribution in [2.45, 2.75) is 18.8 Å². The van der Waals surface area contributed by atoms with Gasteiger partial charge in [0.25, 0.3) is 5.56 Å². The minimum absolute atomic E-state index is 0.110. The van der Waals surface area contributed by atoms with Crippen LogP contribution in [0.25, 0.3) is 11.2 Å². The van der Waals surface area contributed by atoms with Gasteiger partial charge in [-0.2, -0.15) is 0 Å². The highest BCUT2D eigenvalue weighted by atomic mass is 16.5. The average Bonchev–Trinajstić information content (AvgIpc) is 3.28. The van der Waals surface area contributed by atoms with Crippen molar-refractivity contribution in [2.24, 2.45) is 5.92 Å². The molecule has 34 heavy (non-hydrogen) atoms. The summed E-state index contributed by atoms with van der Waals surface area (Å²) >= 11 is 0. The molecule has 1 aliphatic heterocycles. The molecule has 1 unspecified atom stereocenters. The van der Waals surface area contributed by atoms with Crippen LogP contribution in [0.3, 0.4) is 0 Å². The first kappa shape index (κ1) is 21.8. The zero-order valence-corrected chi connectivity index (χ0v) is 18.5. The van der Waals surface area contributed by atoms with Gasteiger partial charge in [-0.3, -0.25) is 19.6 Å². The standard InChI is InChI=1S/C25H25N5O4/c31-21(17-6-8-18(9-7-17)34-14-15-10-12-26-13-11-15)19(16-4-2-1-3-5-16)22-27-20-23(28-22)29-25(33)30-24(20)32/h1-9,15,19,26H,10-14H2,(H3,27,28,29,30,32,33). The maximum Gasteiger partial charge on any atom is 0.327 e. The molecule has 1 aliphatic rings.